The van der Waals surface area contributed by atoms with Crippen LogP contribution >= 0.6 is 0 Å². The lowest BCUT2D eigenvalue weighted by atomic mass is 9.75. The topological polar surface area (TPSA) is 73.8 Å². The van der Waals surface area contributed by atoms with E-state index in [1.165, 1.54) is 0 Å². The predicted molar refractivity (Wildman–Crippen MR) is 317 cm³/mol. The fourth-order valence-electron chi connectivity index (χ4n) is 10.7. The van der Waals surface area contributed by atoms with Crippen LogP contribution in [0.1, 0.15) is 230 Å². The number of rotatable bonds is 28. The van der Waals surface area contributed by atoms with Crippen LogP contribution in [0.25, 0.3) is 0 Å². The van der Waals surface area contributed by atoms with Crippen molar-refractivity contribution in [3.05, 3.63) is 93.0 Å². The lowest BCUT2D eigenvalue weighted by molar-refractivity contribution is 0.249. The van der Waals surface area contributed by atoms with Gasteiger partial charge in [-0.15, -0.1) is 0 Å². The van der Waals surface area contributed by atoms with Crippen LogP contribution in [-0.2, 0) is 0 Å². The quantitative estimate of drug-likeness (QED) is 0.0557. The van der Waals surface area contributed by atoms with Gasteiger partial charge < -0.3 is 37.9 Å². The number of fused-ring (bicyclic) bond motifs is 8. The van der Waals surface area contributed by atoms with Crippen molar-refractivity contribution in [2.24, 2.45) is 47.3 Å². The fraction of sp³-hybridized carbons (Fsp3) is 0.647. The van der Waals surface area contributed by atoms with E-state index in [1.807, 2.05) is 28.4 Å². The molecule has 5 rings (SSSR count). The Kier molecular flexibility index (Phi) is 24.0. The lowest BCUT2D eigenvalue weighted by Gasteiger charge is -2.33. The maximum absolute atomic E-state index is 7.09. The van der Waals surface area contributed by atoms with Crippen LogP contribution in [0.15, 0.2) is 48.5 Å². The highest BCUT2D eigenvalue weighted by Gasteiger charge is 2.36. The molecule has 4 unspecified atom stereocenters. The summed E-state index contributed by atoms with van der Waals surface area (Å²) in [5, 5.41) is 0. The zero-order valence-corrected chi connectivity index (χ0v) is 51.3. The molecule has 4 aromatic rings. The molecule has 8 atom stereocenters. The van der Waals surface area contributed by atoms with Gasteiger partial charge in [0.1, 0.15) is 46.0 Å². The van der Waals surface area contributed by atoms with Crippen molar-refractivity contribution in [1.82, 2.24) is 0 Å². The van der Waals surface area contributed by atoms with Gasteiger partial charge >= 0.3 is 0 Å². The maximum Gasteiger partial charge on any atom is 0.126 e. The second kappa shape index (κ2) is 29.3. The summed E-state index contributed by atoms with van der Waals surface area (Å²) in [5.74, 6) is 8.81. The third kappa shape index (κ3) is 15.7. The number of hydrogen-bond donors (Lipinski definition) is 0. The normalized spacial score (nSPS) is 18.1. The zero-order chi connectivity index (χ0) is 56.0. The minimum Gasteiger partial charge on any atom is -0.496 e. The van der Waals surface area contributed by atoms with E-state index < -0.39 is 0 Å². The van der Waals surface area contributed by atoms with E-state index in [1.54, 1.807) is 0 Å². The van der Waals surface area contributed by atoms with Crippen LogP contribution < -0.4 is 37.9 Å². The average Bonchev–Trinajstić information content (AvgIpc) is 3.40. The molecule has 0 amide bonds. The van der Waals surface area contributed by atoms with Crippen molar-refractivity contribution < 1.29 is 37.9 Å². The SMILES string of the molecule is CC[C@H](C)COc1cc(OC)c2cc1C(CC(C)C)c1cc(c(OC[C@@H](C)CC)cc1OC)C(CC(C)C)c1cc(c(OC[C@@H](C)CC)cc1OC)C(CC(C)C)c1cc(c(OC[C@@H](C)CC)cc1OC)C2CC(C)C. The molecule has 0 saturated heterocycles. The molecule has 0 fully saturated rings. The van der Waals surface area contributed by atoms with Crippen LogP contribution in [0.3, 0.4) is 0 Å². The number of methoxy groups -OCH3 is 4. The highest BCUT2D eigenvalue weighted by Crippen LogP contribution is 2.54. The van der Waals surface area contributed by atoms with Crippen molar-refractivity contribution >= 4 is 0 Å². The van der Waals surface area contributed by atoms with Gasteiger partial charge in [0.05, 0.1) is 54.9 Å². The number of benzene rings is 4. The van der Waals surface area contributed by atoms with Crippen LogP contribution in [0.4, 0.5) is 0 Å². The van der Waals surface area contributed by atoms with Gasteiger partial charge in [0.2, 0.25) is 0 Å². The van der Waals surface area contributed by atoms with E-state index in [0.29, 0.717) is 73.8 Å². The summed E-state index contributed by atoms with van der Waals surface area (Å²) >= 11 is 0. The van der Waals surface area contributed by atoms with E-state index in [-0.39, 0.29) is 23.7 Å². The summed E-state index contributed by atoms with van der Waals surface area (Å²) in [4.78, 5) is 0. The molecule has 0 aromatic heterocycles. The summed E-state index contributed by atoms with van der Waals surface area (Å²) in [6.07, 6.45) is 7.43. The minimum atomic E-state index is -0.127. The molecular weight excluding hydrogens is 945 g/mol. The van der Waals surface area contributed by atoms with Crippen molar-refractivity contribution in [2.75, 3.05) is 54.9 Å². The summed E-state index contributed by atoms with van der Waals surface area (Å²) in [6, 6.07) is 18.5. The van der Waals surface area contributed by atoms with Gasteiger partial charge in [0, 0.05) is 92.4 Å². The van der Waals surface area contributed by atoms with Gasteiger partial charge in [0.15, 0.2) is 0 Å². The van der Waals surface area contributed by atoms with Crippen LogP contribution in [-0.4, -0.2) is 54.9 Å². The second-order valence-corrected chi connectivity index (χ2v) is 24.6. The van der Waals surface area contributed by atoms with Gasteiger partial charge in [-0.1, -0.05) is 136 Å². The summed E-state index contributed by atoms with van der Waals surface area (Å²) in [5.41, 5.74) is 8.96. The lowest BCUT2D eigenvalue weighted by Crippen LogP contribution is -2.18. The van der Waals surface area contributed by atoms with Crippen molar-refractivity contribution in [2.45, 2.75) is 186 Å². The highest BCUT2D eigenvalue weighted by molar-refractivity contribution is 5.63. The minimum absolute atomic E-state index is 0.127. The molecule has 8 bridgehead atoms. The average molecular weight is 1050 g/mol. The highest BCUT2D eigenvalue weighted by atomic mass is 16.5. The smallest absolute Gasteiger partial charge is 0.126 e. The van der Waals surface area contributed by atoms with Gasteiger partial charge in [-0.05, 0) is 97.3 Å². The van der Waals surface area contributed by atoms with Crippen LogP contribution in [0, 0.1) is 47.3 Å². The first-order chi connectivity index (χ1) is 36.2. The summed E-state index contributed by atoms with van der Waals surface area (Å²) in [6.45, 7) is 39.0. The molecular formula is C68H104O8. The Bertz CT molecular complexity index is 2080. The third-order valence-corrected chi connectivity index (χ3v) is 16.2. The van der Waals surface area contributed by atoms with Gasteiger partial charge in [-0.25, -0.2) is 0 Å². The second-order valence-electron chi connectivity index (χ2n) is 24.6. The number of hydrogen-bond acceptors (Lipinski definition) is 8. The molecule has 8 nitrogen and oxygen atoms in total. The monoisotopic (exact) mass is 1050 g/mol. The fourth-order valence-corrected chi connectivity index (χ4v) is 10.7. The van der Waals surface area contributed by atoms with Gasteiger partial charge in [-0.2, -0.15) is 0 Å². The number of ether oxygens (including phenoxy) is 8. The Morgan fingerprint density at radius 1 is 0.276 bits per heavy atom. The molecule has 0 saturated carbocycles. The molecule has 1 aliphatic carbocycles. The molecule has 424 valence electrons. The van der Waals surface area contributed by atoms with Crippen molar-refractivity contribution in [3.63, 3.8) is 0 Å². The molecule has 0 aliphatic heterocycles. The Hall–Kier alpha value is -4.72. The van der Waals surface area contributed by atoms with E-state index in [2.05, 4.69) is 159 Å². The van der Waals surface area contributed by atoms with Crippen LogP contribution in [0.2, 0.25) is 0 Å². The summed E-state index contributed by atoms with van der Waals surface area (Å²) in [7, 11) is 7.24. The van der Waals surface area contributed by atoms with Crippen molar-refractivity contribution in [1.29, 1.82) is 0 Å². The Labute approximate surface area is 463 Å². The first-order valence-corrected chi connectivity index (χ1v) is 29.6. The third-order valence-electron chi connectivity index (χ3n) is 16.2. The predicted octanol–water partition coefficient (Wildman–Crippen LogP) is 18.4. The largest absolute Gasteiger partial charge is 0.496 e. The standard InChI is InChI=1S/C68H104O8/c1-21-45(13)37-73-65-33-61(69-17)53-29-57(65)49(25-41(5)6)54-30-58(66(34-62(54)70-18)74-38-46(14)22-2)51(27-43(9)10)56-32-60(68(36-64(56)72-20)76-40-48(16)24-4)52(28-44(11)12)55-31-59(50(53)26-42(7)8)67(35-63(55)71-19)75-39-47(15)23-3/h29-36,41-52H,21-28,37-40H2,1-20H3/t45-,46-,47-,48-,49?,50?,51?,52?/m0/s1. The first kappa shape index (κ1) is 62.1. The molecule has 76 heavy (non-hydrogen) atoms. The Morgan fingerprint density at radius 3 is 0.592 bits per heavy atom. The van der Waals surface area contributed by atoms with E-state index in [0.717, 1.165) is 142 Å². The van der Waals surface area contributed by atoms with Crippen molar-refractivity contribution in [3.8, 4) is 46.0 Å². The molecule has 4 aromatic carbocycles. The van der Waals surface area contributed by atoms with E-state index >= 15 is 0 Å². The molecule has 0 radical (unpaired) electrons. The molecule has 0 heterocycles. The molecule has 1 aliphatic rings. The van der Waals surface area contributed by atoms with Gasteiger partial charge in [-0.3, -0.25) is 0 Å². The van der Waals surface area contributed by atoms with Crippen LogP contribution in [0.5, 0.6) is 46.0 Å². The Balaban J connectivity index is 2.16. The molecule has 0 spiro atoms. The zero-order valence-electron chi connectivity index (χ0n) is 51.3. The van der Waals surface area contributed by atoms with E-state index in [4.69, 9.17) is 37.9 Å². The maximum atomic E-state index is 7.09. The first-order valence-electron chi connectivity index (χ1n) is 29.6. The molecule has 0 N–H and O–H groups in total. The van der Waals surface area contributed by atoms with E-state index in [9.17, 15) is 0 Å². The van der Waals surface area contributed by atoms with Gasteiger partial charge in [0.25, 0.3) is 0 Å². The summed E-state index contributed by atoms with van der Waals surface area (Å²) < 4.78 is 54.7. The molecule has 8 heteroatoms. The Morgan fingerprint density at radius 2 is 0.447 bits per heavy atom.